The van der Waals surface area contributed by atoms with Crippen molar-refractivity contribution in [3.8, 4) is 6.07 Å². The van der Waals surface area contributed by atoms with E-state index in [1.54, 1.807) is 0 Å². The number of hydrogen-bond acceptors (Lipinski definition) is 3. The molecule has 2 rings (SSSR count). The minimum atomic E-state index is 0.726. The van der Waals surface area contributed by atoms with E-state index < -0.39 is 0 Å². The van der Waals surface area contributed by atoms with Crippen molar-refractivity contribution in [2.75, 3.05) is 19.6 Å². The second kappa shape index (κ2) is 7.47. The molecular formula is C16H26N4. The summed E-state index contributed by atoms with van der Waals surface area (Å²) in [7, 11) is 1.92. The number of nitrogens with one attached hydrogen (secondary N) is 1. The van der Waals surface area contributed by atoms with E-state index in [1.807, 2.05) is 23.9 Å². The van der Waals surface area contributed by atoms with Crippen molar-refractivity contribution in [3.05, 3.63) is 23.5 Å². The van der Waals surface area contributed by atoms with Gasteiger partial charge in [-0.05, 0) is 57.5 Å². The average Bonchev–Trinajstić information content (AvgIpc) is 2.80. The molecule has 0 saturated carbocycles. The van der Waals surface area contributed by atoms with Crippen LogP contribution < -0.4 is 5.32 Å². The molecule has 4 heteroatoms. The van der Waals surface area contributed by atoms with Crippen molar-refractivity contribution in [2.24, 2.45) is 7.05 Å². The minimum absolute atomic E-state index is 0.726. The van der Waals surface area contributed by atoms with Crippen LogP contribution in [0, 0.1) is 11.3 Å². The molecule has 0 radical (unpaired) electrons. The topological polar surface area (TPSA) is 44.0 Å². The van der Waals surface area contributed by atoms with Crippen molar-refractivity contribution >= 4 is 0 Å². The van der Waals surface area contributed by atoms with Gasteiger partial charge in [-0.15, -0.1) is 0 Å². The minimum Gasteiger partial charge on any atom is -0.342 e. The fraction of sp³-hybridized carbons (Fsp3) is 0.688. The van der Waals surface area contributed by atoms with Crippen molar-refractivity contribution < 1.29 is 0 Å². The fourth-order valence-electron chi connectivity index (χ4n) is 2.97. The Morgan fingerprint density at radius 1 is 1.45 bits per heavy atom. The third kappa shape index (κ3) is 4.09. The highest BCUT2D eigenvalue weighted by Crippen LogP contribution is 2.16. The van der Waals surface area contributed by atoms with Crippen LogP contribution in [0.3, 0.4) is 0 Å². The molecule has 1 aliphatic heterocycles. The number of likely N-dealkylation sites (tertiary alicyclic amines) is 1. The van der Waals surface area contributed by atoms with Gasteiger partial charge in [-0.25, -0.2) is 0 Å². The van der Waals surface area contributed by atoms with Gasteiger partial charge in [0, 0.05) is 25.8 Å². The maximum absolute atomic E-state index is 8.91. The summed E-state index contributed by atoms with van der Waals surface area (Å²) in [4.78, 5) is 2.61. The number of piperidine rings is 1. The lowest BCUT2D eigenvalue weighted by molar-refractivity contribution is 0.159. The van der Waals surface area contributed by atoms with Crippen molar-refractivity contribution in [2.45, 2.75) is 45.2 Å². The molecule has 110 valence electrons. The van der Waals surface area contributed by atoms with Crippen molar-refractivity contribution in [1.82, 2.24) is 14.8 Å². The summed E-state index contributed by atoms with van der Waals surface area (Å²) in [6, 6.07) is 4.91. The highest BCUT2D eigenvalue weighted by atomic mass is 15.2. The molecule has 1 unspecified atom stereocenters. The van der Waals surface area contributed by atoms with Gasteiger partial charge in [0.15, 0.2) is 0 Å². The van der Waals surface area contributed by atoms with E-state index in [0.29, 0.717) is 0 Å². The van der Waals surface area contributed by atoms with Crippen molar-refractivity contribution in [1.29, 1.82) is 5.26 Å². The monoisotopic (exact) mass is 274 g/mol. The van der Waals surface area contributed by atoms with Gasteiger partial charge in [-0.2, -0.15) is 5.26 Å². The highest BCUT2D eigenvalue weighted by molar-refractivity contribution is 5.28. The number of rotatable bonds is 6. The third-order valence-electron chi connectivity index (χ3n) is 4.24. The van der Waals surface area contributed by atoms with Gasteiger partial charge in [0.1, 0.15) is 11.8 Å². The van der Waals surface area contributed by atoms with Crippen molar-refractivity contribution in [3.63, 3.8) is 0 Å². The number of hydrogen-bond donors (Lipinski definition) is 1. The Labute approximate surface area is 122 Å². The molecule has 0 spiro atoms. The summed E-state index contributed by atoms with van der Waals surface area (Å²) in [5, 5.41) is 12.4. The van der Waals surface area contributed by atoms with Gasteiger partial charge < -0.3 is 14.8 Å². The molecule has 20 heavy (non-hydrogen) atoms. The first-order valence-corrected chi connectivity index (χ1v) is 7.71. The van der Waals surface area contributed by atoms with E-state index in [0.717, 1.165) is 24.8 Å². The van der Waals surface area contributed by atoms with Gasteiger partial charge in [0.2, 0.25) is 0 Å². The second-order valence-electron chi connectivity index (χ2n) is 5.87. The van der Waals surface area contributed by atoms with E-state index in [-0.39, 0.29) is 0 Å². The normalized spacial score (nSPS) is 19.9. The number of nitrogens with zero attached hydrogens (tertiary/aromatic N) is 3. The first-order chi connectivity index (χ1) is 9.70. The molecule has 1 aromatic heterocycles. The van der Waals surface area contributed by atoms with Gasteiger partial charge in [0.05, 0.1) is 0 Å². The maximum atomic E-state index is 8.91. The lowest BCUT2D eigenvalue weighted by Gasteiger charge is -2.33. The third-order valence-corrected chi connectivity index (χ3v) is 4.24. The van der Waals surface area contributed by atoms with Crippen LogP contribution in [0.5, 0.6) is 0 Å². The zero-order valence-corrected chi connectivity index (χ0v) is 12.7. The molecule has 1 N–H and O–H groups in total. The molecule has 0 aromatic carbocycles. The Morgan fingerprint density at radius 3 is 3.00 bits per heavy atom. The summed E-state index contributed by atoms with van der Waals surface area (Å²) < 4.78 is 1.88. The van der Waals surface area contributed by atoms with E-state index in [1.165, 1.54) is 44.3 Å². The maximum Gasteiger partial charge on any atom is 0.120 e. The molecule has 0 amide bonds. The van der Waals surface area contributed by atoms with Crippen LogP contribution in [0.2, 0.25) is 0 Å². The lowest BCUT2D eigenvalue weighted by atomic mass is 10.0. The molecule has 1 aliphatic rings. The van der Waals surface area contributed by atoms with Gasteiger partial charge in [-0.3, -0.25) is 0 Å². The Balaban J connectivity index is 1.62. The predicted octanol–water partition coefficient (Wildman–Crippen LogP) is 2.25. The van der Waals surface area contributed by atoms with Gasteiger partial charge in [0.25, 0.3) is 0 Å². The molecule has 1 atom stereocenters. The van der Waals surface area contributed by atoms with Crippen LogP contribution in [-0.4, -0.2) is 35.1 Å². The van der Waals surface area contributed by atoms with E-state index in [9.17, 15) is 0 Å². The molecule has 2 heterocycles. The molecule has 1 saturated heterocycles. The van der Waals surface area contributed by atoms with Gasteiger partial charge in [-0.1, -0.05) is 6.42 Å². The quantitative estimate of drug-likeness (QED) is 0.809. The first kappa shape index (κ1) is 15.1. The Hall–Kier alpha value is -1.31. The second-order valence-corrected chi connectivity index (χ2v) is 5.87. The van der Waals surface area contributed by atoms with E-state index in [4.69, 9.17) is 5.26 Å². The van der Waals surface area contributed by atoms with E-state index in [2.05, 4.69) is 23.2 Å². The van der Waals surface area contributed by atoms with Crippen LogP contribution in [0.25, 0.3) is 0 Å². The zero-order chi connectivity index (χ0) is 14.4. The van der Waals surface area contributed by atoms with Gasteiger partial charge >= 0.3 is 0 Å². The standard InChI is InChI=1S/C16H26N4/c1-14-6-3-4-8-20(14)9-5-7-18-12-15-10-16(11-17)19(2)13-15/h10,13-14,18H,3-9,12H2,1-2H3. The Morgan fingerprint density at radius 2 is 2.30 bits per heavy atom. The first-order valence-electron chi connectivity index (χ1n) is 7.71. The smallest absolute Gasteiger partial charge is 0.120 e. The fourth-order valence-corrected chi connectivity index (χ4v) is 2.97. The molecule has 0 aliphatic carbocycles. The van der Waals surface area contributed by atoms with Crippen LogP contribution in [-0.2, 0) is 13.6 Å². The molecule has 1 aromatic rings. The predicted molar refractivity (Wildman–Crippen MR) is 81.3 cm³/mol. The number of aromatic nitrogens is 1. The van der Waals surface area contributed by atoms with Crippen LogP contribution in [0.4, 0.5) is 0 Å². The van der Waals surface area contributed by atoms with Crippen LogP contribution in [0.1, 0.15) is 43.9 Å². The largest absolute Gasteiger partial charge is 0.342 e. The number of nitriles is 1. The highest BCUT2D eigenvalue weighted by Gasteiger charge is 2.16. The summed E-state index contributed by atoms with van der Waals surface area (Å²) >= 11 is 0. The molecule has 0 bridgehead atoms. The molecular weight excluding hydrogens is 248 g/mol. The van der Waals surface area contributed by atoms with Crippen LogP contribution >= 0.6 is 0 Å². The molecule has 1 fully saturated rings. The molecule has 4 nitrogen and oxygen atoms in total. The zero-order valence-electron chi connectivity index (χ0n) is 12.7. The summed E-state index contributed by atoms with van der Waals surface area (Å²) in [6.45, 7) is 6.71. The Kier molecular flexibility index (Phi) is 5.63. The Bertz CT molecular complexity index is 458. The number of aryl methyl sites for hydroxylation is 1. The SMILES string of the molecule is CC1CCCCN1CCCNCc1cc(C#N)n(C)c1. The van der Waals surface area contributed by atoms with E-state index >= 15 is 0 Å². The summed E-state index contributed by atoms with van der Waals surface area (Å²) in [5.74, 6) is 0. The summed E-state index contributed by atoms with van der Waals surface area (Å²) in [5.41, 5.74) is 1.92. The van der Waals surface area contributed by atoms with Crippen LogP contribution in [0.15, 0.2) is 12.3 Å². The lowest BCUT2D eigenvalue weighted by Crippen LogP contribution is -2.38. The average molecular weight is 274 g/mol. The summed E-state index contributed by atoms with van der Waals surface area (Å²) in [6.07, 6.45) is 7.33.